The minimum atomic E-state index is 0.681. The summed E-state index contributed by atoms with van der Waals surface area (Å²) in [5, 5.41) is 5.08. The fraction of sp³-hybridized carbons (Fsp3) is 0.154. The van der Waals surface area contributed by atoms with E-state index >= 15 is 0 Å². The van der Waals surface area contributed by atoms with Gasteiger partial charge in [-0.15, -0.1) is 9.24 Å². The molecule has 1 aromatic carbocycles. The molecule has 1 unspecified atom stereocenters. The average Bonchev–Trinajstić information content (AvgIpc) is 2.41. The molecule has 0 saturated heterocycles. The lowest BCUT2D eigenvalue weighted by Gasteiger charge is -2.19. The van der Waals surface area contributed by atoms with Gasteiger partial charge < -0.3 is 10.1 Å². The van der Waals surface area contributed by atoms with Crippen LogP contribution in [0.5, 0.6) is 5.75 Å². The highest BCUT2D eigenvalue weighted by molar-refractivity contribution is 7.28. The number of ether oxygens (including phenoxy) is 1. The molecule has 0 spiro atoms. The minimum Gasteiger partial charge on any atom is -0.488 e. The van der Waals surface area contributed by atoms with E-state index in [1.165, 1.54) is 0 Å². The van der Waals surface area contributed by atoms with Crippen LogP contribution in [0.3, 0.4) is 0 Å². The lowest BCUT2D eigenvalue weighted by molar-refractivity contribution is 0.322. The highest BCUT2D eigenvalue weighted by atomic mass is 35.5. The third kappa shape index (κ3) is 2.16. The molecule has 1 atom stereocenters. The second kappa shape index (κ2) is 4.75. The molecule has 1 aliphatic heterocycles. The van der Waals surface area contributed by atoms with Crippen LogP contribution in [-0.4, -0.2) is 18.1 Å². The molecule has 2 aromatic rings. The molecule has 0 fully saturated rings. The minimum absolute atomic E-state index is 0.681. The quantitative estimate of drug-likeness (QED) is 0.815. The third-order valence-corrected chi connectivity index (χ3v) is 3.57. The average molecular weight is 279 g/mol. The van der Waals surface area contributed by atoms with Crippen molar-refractivity contribution in [2.24, 2.45) is 0 Å². The maximum absolute atomic E-state index is 6.03. The fourth-order valence-corrected chi connectivity index (χ4v) is 2.44. The van der Waals surface area contributed by atoms with E-state index in [9.17, 15) is 0 Å². The van der Waals surface area contributed by atoms with Crippen molar-refractivity contribution in [2.45, 2.75) is 0 Å². The molecule has 1 aliphatic rings. The largest absolute Gasteiger partial charge is 0.488 e. The Bertz CT molecular complexity index is 604. The molecular weight excluding hydrogens is 267 g/mol. The van der Waals surface area contributed by atoms with Gasteiger partial charge in [0.15, 0.2) is 5.75 Å². The molecular formula is C13H12ClN2OP. The molecule has 3 rings (SSSR count). The second-order valence-electron chi connectivity index (χ2n) is 4.07. The number of hydrogen-bond acceptors (Lipinski definition) is 3. The number of halogens is 1. The zero-order chi connectivity index (χ0) is 12.5. The topological polar surface area (TPSA) is 34.1 Å². The zero-order valence-electron chi connectivity index (χ0n) is 9.61. The number of pyridine rings is 1. The van der Waals surface area contributed by atoms with E-state index in [2.05, 4.69) is 19.5 Å². The van der Waals surface area contributed by atoms with Gasteiger partial charge in [0.05, 0.1) is 17.6 Å². The van der Waals surface area contributed by atoms with Crippen molar-refractivity contribution in [3.05, 3.63) is 35.5 Å². The van der Waals surface area contributed by atoms with Crippen LogP contribution in [-0.2, 0) is 0 Å². The number of hydrogen-bond donors (Lipinski definition) is 1. The molecule has 0 saturated carbocycles. The Morgan fingerprint density at radius 1 is 1.33 bits per heavy atom. The first kappa shape index (κ1) is 11.8. The van der Waals surface area contributed by atoms with Gasteiger partial charge in [-0.05, 0) is 23.5 Å². The molecule has 1 N–H and O–H groups in total. The SMILES string of the molecule is Pc1ccc(Cl)cc1-c1cc2c(cn1)OCCN2. The normalized spacial score (nSPS) is 13.4. The number of aromatic nitrogens is 1. The Labute approximate surface area is 113 Å². The van der Waals surface area contributed by atoms with E-state index in [-0.39, 0.29) is 0 Å². The van der Waals surface area contributed by atoms with Gasteiger partial charge in [0, 0.05) is 17.1 Å². The molecule has 1 aromatic heterocycles. The van der Waals surface area contributed by atoms with E-state index in [4.69, 9.17) is 16.3 Å². The molecule has 3 nitrogen and oxygen atoms in total. The second-order valence-corrected chi connectivity index (χ2v) is 5.13. The Hall–Kier alpha value is -1.31. The molecule has 5 heteroatoms. The van der Waals surface area contributed by atoms with Crippen molar-refractivity contribution in [1.82, 2.24) is 4.98 Å². The summed E-state index contributed by atoms with van der Waals surface area (Å²) in [6, 6.07) is 7.75. The van der Waals surface area contributed by atoms with Gasteiger partial charge in [0.25, 0.3) is 0 Å². The maximum atomic E-state index is 6.03. The van der Waals surface area contributed by atoms with E-state index in [0.717, 1.165) is 34.5 Å². The van der Waals surface area contributed by atoms with Crippen molar-refractivity contribution < 1.29 is 4.74 Å². The first-order valence-corrected chi connectivity index (χ1v) is 6.62. The molecule has 0 radical (unpaired) electrons. The van der Waals surface area contributed by atoms with Crippen LogP contribution >= 0.6 is 20.8 Å². The Kier molecular flexibility index (Phi) is 3.11. The van der Waals surface area contributed by atoms with E-state index in [1.807, 2.05) is 24.3 Å². The highest BCUT2D eigenvalue weighted by Gasteiger charge is 2.12. The lowest BCUT2D eigenvalue weighted by Crippen LogP contribution is -2.18. The fourth-order valence-electron chi connectivity index (χ4n) is 1.94. The molecule has 0 amide bonds. The standard InChI is InChI=1S/C13H12ClN2OP/c14-8-1-2-13(18)9(5-8)10-6-11-12(7-16-10)17-4-3-15-11/h1-2,5-7,15H,3-4,18H2. The number of nitrogens with one attached hydrogen (secondary N) is 1. The number of benzene rings is 1. The monoisotopic (exact) mass is 278 g/mol. The number of rotatable bonds is 1. The summed E-state index contributed by atoms with van der Waals surface area (Å²) in [5.74, 6) is 0.803. The van der Waals surface area contributed by atoms with Crippen LogP contribution in [0.4, 0.5) is 5.69 Å². The van der Waals surface area contributed by atoms with Crippen LogP contribution in [0.2, 0.25) is 5.02 Å². The van der Waals surface area contributed by atoms with Gasteiger partial charge in [0.2, 0.25) is 0 Å². The summed E-state index contributed by atoms with van der Waals surface area (Å²) in [5.41, 5.74) is 2.89. The first-order valence-electron chi connectivity index (χ1n) is 5.66. The van der Waals surface area contributed by atoms with Gasteiger partial charge in [-0.3, -0.25) is 4.98 Å². The predicted octanol–water partition coefficient (Wildman–Crippen LogP) is 2.71. The van der Waals surface area contributed by atoms with Crippen LogP contribution < -0.4 is 15.4 Å². The number of nitrogens with zero attached hydrogens (tertiary/aromatic N) is 1. The van der Waals surface area contributed by atoms with E-state index in [1.54, 1.807) is 6.20 Å². The summed E-state index contributed by atoms with van der Waals surface area (Å²) in [6.45, 7) is 1.50. The molecule has 92 valence electrons. The van der Waals surface area contributed by atoms with Gasteiger partial charge in [-0.25, -0.2) is 0 Å². The van der Waals surface area contributed by atoms with Crippen molar-refractivity contribution >= 4 is 31.8 Å². The van der Waals surface area contributed by atoms with Crippen LogP contribution in [0.25, 0.3) is 11.3 Å². The van der Waals surface area contributed by atoms with Gasteiger partial charge in [0.1, 0.15) is 6.61 Å². The highest BCUT2D eigenvalue weighted by Crippen LogP contribution is 2.30. The van der Waals surface area contributed by atoms with Gasteiger partial charge in [-0.2, -0.15) is 0 Å². The van der Waals surface area contributed by atoms with Crippen molar-refractivity contribution in [2.75, 3.05) is 18.5 Å². The number of anilines is 1. The van der Waals surface area contributed by atoms with Crippen LogP contribution in [0, 0.1) is 0 Å². The summed E-state index contributed by atoms with van der Waals surface area (Å²) < 4.78 is 5.51. The van der Waals surface area contributed by atoms with E-state index < -0.39 is 0 Å². The van der Waals surface area contributed by atoms with E-state index in [0.29, 0.717) is 11.6 Å². The Morgan fingerprint density at radius 3 is 3.11 bits per heavy atom. The lowest BCUT2D eigenvalue weighted by atomic mass is 10.1. The Balaban J connectivity index is 2.09. The molecule has 0 bridgehead atoms. The smallest absolute Gasteiger partial charge is 0.160 e. The molecule has 2 heterocycles. The first-order chi connectivity index (χ1) is 8.74. The van der Waals surface area contributed by atoms with Crippen LogP contribution in [0.15, 0.2) is 30.5 Å². The molecule has 0 aliphatic carbocycles. The van der Waals surface area contributed by atoms with Gasteiger partial charge >= 0.3 is 0 Å². The third-order valence-electron chi connectivity index (χ3n) is 2.83. The van der Waals surface area contributed by atoms with Crippen molar-refractivity contribution in [3.63, 3.8) is 0 Å². The maximum Gasteiger partial charge on any atom is 0.160 e. The van der Waals surface area contributed by atoms with Gasteiger partial charge in [-0.1, -0.05) is 17.7 Å². The Morgan fingerprint density at radius 2 is 2.22 bits per heavy atom. The summed E-state index contributed by atoms with van der Waals surface area (Å²) in [4.78, 5) is 4.43. The van der Waals surface area contributed by atoms with Crippen molar-refractivity contribution in [3.8, 4) is 17.0 Å². The number of fused-ring (bicyclic) bond motifs is 1. The van der Waals surface area contributed by atoms with Crippen LogP contribution in [0.1, 0.15) is 0 Å². The zero-order valence-corrected chi connectivity index (χ0v) is 11.5. The molecule has 18 heavy (non-hydrogen) atoms. The van der Waals surface area contributed by atoms with Crippen molar-refractivity contribution in [1.29, 1.82) is 0 Å². The predicted molar refractivity (Wildman–Crippen MR) is 78.0 cm³/mol. The summed E-state index contributed by atoms with van der Waals surface area (Å²) in [7, 11) is 2.70. The summed E-state index contributed by atoms with van der Waals surface area (Å²) >= 11 is 6.03. The summed E-state index contributed by atoms with van der Waals surface area (Å²) in [6.07, 6.45) is 1.75.